The lowest BCUT2D eigenvalue weighted by atomic mass is 10.00. The number of hydrogen-bond acceptors (Lipinski definition) is 5. The van der Waals surface area contributed by atoms with Gasteiger partial charge in [0.2, 0.25) is 11.8 Å². The predicted octanol–water partition coefficient (Wildman–Crippen LogP) is 4.96. The lowest BCUT2D eigenvalue weighted by molar-refractivity contribution is -0.144. The number of benzene rings is 2. The van der Waals surface area contributed by atoms with Gasteiger partial charge in [0.15, 0.2) is 0 Å². The van der Waals surface area contributed by atoms with E-state index in [1.54, 1.807) is 28.4 Å². The zero-order valence-corrected chi connectivity index (χ0v) is 25.0. The number of carbonyl (C=O) groups is 3. The molecule has 2 aliphatic rings. The lowest BCUT2D eigenvalue weighted by Gasteiger charge is -2.35. The van der Waals surface area contributed by atoms with E-state index >= 15 is 4.39 Å². The molecule has 0 aliphatic carbocycles. The highest BCUT2D eigenvalue weighted by Crippen LogP contribution is 2.32. The fraction of sp³-hybridized carbons (Fsp3) is 0.379. The predicted molar refractivity (Wildman–Crippen MR) is 157 cm³/mol. The normalized spacial score (nSPS) is 19.5. The summed E-state index contributed by atoms with van der Waals surface area (Å²) in [6.07, 6.45) is -1.38. The lowest BCUT2D eigenvalue weighted by Crippen LogP contribution is -2.56. The fourth-order valence-corrected chi connectivity index (χ4v) is 6.96. The second kappa shape index (κ2) is 11.3. The molecule has 5 rings (SSSR count). The third-order valence-corrected chi connectivity index (χ3v) is 9.44. The Bertz CT molecular complexity index is 1430. The second-order valence-corrected chi connectivity index (χ2v) is 12.4. The Morgan fingerprint density at radius 1 is 1.23 bits per heavy atom. The average Bonchev–Trinajstić information content (AvgIpc) is 3.60. The highest BCUT2D eigenvalue weighted by Gasteiger charge is 2.47. The number of alkyl halides is 1. The van der Waals surface area contributed by atoms with Gasteiger partial charge in [-0.3, -0.25) is 14.4 Å². The summed E-state index contributed by atoms with van der Waals surface area (Å²) in [5.41, 5.74) is 6.20. The molecule has 3 aromatic rings. The number of aromatic nitrogens is 1. The molecule has 2 aliphatic heterocycles. The van der Waals surface area contributed by atoms with Crippen LogP contribution in [0.3, 0.4) is 0 Å². The van der Waals surface area contributed by atoms with Crippen LogP contribution in [0, 0.1) is 16.4 Å². The monoisotopic (exact) mass is 660 g/mol. The van der Waals surface area contributed by atoms with Crippen LogP contribution in [0.4, 0.5) is 4.39 Å². The molecule has 2 aromatic carbocycles. The standard InChI is InChI=1S/C29H30FIN4O3S/c1-16(2)24(35-14-20-6-4-5-7-21(20)28(35)37)29(38)34-11-10-22(30)25(34)27(36)32-13-19-9-8-18(12-23(19)31)26-17(3)33-15-39-26/h4-9,12,15-16,22,24-25H,10-11,13-14H2,1-3H3,(H,32,36)/t22-,24-,25-/m0/s1. The minimum atomic E-state index is -1.47. The van der Waals surface area contributed by atoms with Crippen LogP contribution in [0.25, 0.3) is 10.4 Å². The van der Waals surface area contributed by atoms with Crippen LogP contribution in [0.2, 0.25) is 0 Å². The van der Waals surface area contributed by atoms with Gasteiger partial charge in [-0.2, -0.15) is 0 Å². The number of rotatable bonds is 7. The summed E-state index contributed by atoms with van der Waals surface area (Å²) < 4.78 is 16.1. The van der Waals surface area contributed by atoms with E-state index in [1.807, 2.05) is 56.6 Å². The molecule has 39 heavy (non-hydrogen) atoms. The van der Waals surface area contributed by atoms with Crippen molar-refractivity contribution in [2.45, 2.75) is 58.5 Å². The van der Waals surface area contributed by atoms with E-state index in [0.717, 1.165) is 30.8 Å². The number of amides is 3. The van der Waals surface area contributed by atoms with Crippen LogP contribution in [-0.4, -0.2) is 57.3 Å². The first-order valence-corrected chi connectivity index (χ1v) is 14.9. The van der Waals surface area contributed by atoms with Crippen molar-refractivity contribution >= 4 is 51.6 Å². The highest BCUT2D eigenvalue weighted by molar-refractivity contribution is 14.1. The van der Waals surface area contributed by atoms with Gasteiger partial charge < -0.3 is 15.1 Å². The number of nitrogens with zero attached hydrogens (tertiary/aromatic N) is 3. The molecule has 204 valence electrons. The summed E-state index contributed by atoms with van der Waals surface area (Å²) in [5.74, 6) is -1.32. The number of nitrogens with one attached hydrogen (secondary N) is 1. The maximum Gasteiger partial charge on any atom is 0.255 e. The van der Waals surface area contributed by atoms with Crippen LogP contribution in [0.5, 0.6) is 0 Å². The minimum absolute atomic E-state index is 0.0866. The maximum atomic E-state index is 15.1. The van der Waals surface area contributed by atoms with E-state index < -0.39 is 24.2 Å². The number of hydrogen-bond donors (Lipinski definition) is 1. The molecule has 0 bridgehead atoms. The zero-order chi connectivity index (χ0) is 27.8. The Morgan fingerprint density at radius 2 is 2.00 bits per heavy atom. The summed E-state index contributed by atoms with van der Waals surface area (Å²) in [6.45, 7) is 6.39. The number of fused-ring (bicyclic) bond motifs is 1. The molecule has 1 N–H and O–H groups in total. The molecule has 1 saturated heterocycles. The Labute approximate surface area is 244 Å². The summed E-state index contributed by atoms with van der Waals surface area (Å²) in [5, 5.41) is 2.86. The molecule has 0 spiro atoms. The third kappa shape index (κ3) is 5.32. The molecule has 3 amide bonds. The molecule has 0 unspecified atom stereocenters. The van der Waals surface area contributed by atoms with Crippen molar-refractivity contribution in [3.05, 3.63) is 73.9 Å². The van der Waals surface area contributed by atoms with Gasteiger partial charge in [0.25, 0.3) is 5.91 Å². The van der Waals surface area contributed by atoms with E-state index in [9.17, 15) is 14.4 Å². The van der Waals surface area contributed by atoms with Gasteiger partial charge in [0.05, 0.1) is 16.1 Å². The smallest absolute Gasteiger partial charge is 0.255 e. The van der Waals surface area contributed by atoms with Crippen molar-refractivity contribution < 1.29 is 18.8 Å². The van der Waals surface area contributed by atoms with E-state index in [0.29, 0.717) is 12.1 Å². The van der Waals surface area contributed by atoms with Gasteiger partial charge in [-0.15, -0.1) is 11.3 Å². The third-order valence-electron chi connectivity index (χ3n) is 7.46. The first-order chi connectivity index (χ1) is 18.7. The molecule has 0 radical (unpaired) electrons. The number of halogens is 2. The summed E-state index contributed by atoms with van der Waals surface area (Å²) in [6, 6.07) is 11.3. The quantitative estimate of drug-likeness (QED) is 0.364. The van der Waals surface area contributed by atoms with Crippen LogP contribution in [0.15, 0.2) is 48.0 Å². The van der Waals surface area contributed by atoms with Gasteiger partial charge in [0.1, 0.15) is 18.3 Å². The number of likely N-dealkylation sites (tertiary alicyclic amines) is 1. The first kappa shape index (κ1) is 27.7. The van der Waals surface area contributed by atoms with Gasteiger partial charge in [-0.05, 0) is 70.7 Å². The summed E-state index contributed by atoms with van der Waals surface area (Å²) in [4.78, 5) is 48.5. The van der Waals surface area contributed by atoms with Crippen molar-refractivity contribution in [3.63, 3.8) is 0 Å². The molecule has 0 saturated carbocycles. The topological polar surface area (TPSA) is 82.6 Å². The van der Waals surface area contributed by atoms with E-state index in [2.05, 4.69) is 32.9 Å². The zero-order valence-electron chi connectivity index (χ0n) is 22.0. The largest absolute Gasteiger partial charge is 0.350 e. The van der Waals surface area contributed by atoms with Gasteiger partial charge in [-0.1, -0.05) is 44.2 Å². The maximum absolute atomic E-state index is 15.1. The van der Waals surface area contributed by atoms with Gasteiger partial charge in [-0.25, -0.2) is 9.37 Å². The average molecular weight is 661 g/mol. The molecule has 7 nitrogen and oxygen atoms in total. The van der Waals surface area contributed by atoms with Crippen molar-refractivity contribution in [2.24, 2.45) is 5.92 Å². The summed E-state index contributed by atoms with van der Waals surface area (Å²) in [7, 11) is 0. The Hall–Kier alpha value is -2.86. The Kier molecular flexibility index (Phi) is 8.04. The summed E-state index contributed by atoms with van der Waals surface area (Å²) >= 11 is 3.81. The van der Waals surface area contributed by atoms with E-state index in [1.165, 1.54) is 4.90 Å². The molecular formula is C29H30FIN4O3S. The van der Waals surface area contributed by atoms with Crippen LogP contribution in [-0.2, 0) is 22.7 Å². The molecule has 1 aromatic heterocycles. The molecule has 1 fully saturated rings. The van der Waals surface area contributed by atoms with Crippen molar-refractivity contribution in [1.82, 2.24) is 20.1 Å². The second-order valence-electron chi connectivity index (χ2n) is 10.4. The van der Waals surface area contributed by atoms with Gasteiger partial charge in [0, 0.05) is 28.8 Å². The Balaban J connectivity index is 1.30. The van der Waals surface area contributed by atoms with Crippen molar-refractivity contribution in [2.75, 3.05) is 6.54 Å². The van der Waals surface area contributed by atoms with Crippen LogP contribution in [0.1, 0.15) is 47.4 Å². The molecular weight excluding hydrogens is 630 g/mol. The molecule has 10 heteroatoms. The van der Waals surface area contributed by atoms with Crippen LogP contribution < -0.4 is 5.32 Å². The van der Waals surface area contributed by atoms with Crippen LogP contribution >= 0.6 is 33.9 Å². The first-order valence-electron chi connectivity index (χ1n) is 13.0. The number of carbonyl (C=O) groups excluding carboxylic acids is 3. The van der Waals surface area contributed by atoms with E-state index in [4.69, 9.17) is 0 Å². The minimum Gasteiger partial charge on any atom is -0.350 e. The molecule has 3 heterocycles. The van der Waals surface area contributed by atoms with E-state index in [-0.39, 0.29) is 37.2 Å². The number of thiazole rings is 1. The fourth-order valence-electron chi connectivity index (χ4n) is 5.46. The highest BCUT2D eigenvalue weighted by atomic mass is 127. The molecule has 3 atom stereocenters. The Morgan fingerprint density at radius 3 is 2.67 bits per heavy atom. The van der Waals surface area contributed by atoms with Gasteiger partial charge >= 0.3 is 0 Å². The SMILES string of the molecule is Cc1ncsc1-c1ccc(CNC(=O)[C@@H]2[C@@H](F)CCN2C(=O)[C@H](C(C)C)N2Cc3ccccc3C2=O)c(I)c1. The van der Waals surface area contributed by atoms with Crippen molar-refractivity contribution in [1.29, 1.82) is 0 Å². The van der Waals surface area contributed by atoms with Crippen molar-refractivity contribution in [3.8, 4) is 10.4 Å². The number of aryl methyl sites for hydroxylation is 1.